The van der Waals surface area contributed by atoms with E-state index in [-0.39, 0.29) is 11.0 Å². The Morgan fingerprint density at radius 1 is 0.861 bits per heavy atom. The lowest BCUT2D eigenvalue weighted by molar-refractivity contribution is -0.0685. The summed E-state index contributed by atoms with van der Waals surface area (Å²) in [5.41, 5.74) is 2.29. The molecule has 1 aromatic carbocycles. The molecule has 0 heterocycles. The summed E-state index contributed by atoms with van der Waals surface area (Å²) < 4.78 is 6.81. The van der Waals surface area contributed by atoms with E-state index in [2.05, 4.69) is 68.5 Å². The van der Waals surface area contributed by atoms with Crippen LogP contribution in [0, 0.1) is 22.7 Å². The number of ether oxygens (including phenoxy) is 1. The van der Waals surface area contributed by atoms with E-state index in [1.165, 1.54) is 75.3 Å². The molecule has 1 fully saturated rings. The SMILES string of the molecule is CCCCCCCCOC1(C2CCC(C#N)(CCCCCCC)CC2)C=CC(c2ccccc2)=CC1. The third kappa shape index (κ3) is 8.34. The second-order valence-electron chi connectivity index (χ2n) is 11.5. The highest BCUT2D eigenvalue weighted by Gasteiger charge is 2.44. The molecule has 2 aliphatic carbocycles. The van der Waals surface area contributed by atoms with Gasteiger partial charge in [-0.1, -0.05) is 127 Å². The van der Waals surface area contributed by atoms with Gasteiger partial charge < -0.3 is 4.74 Å². The first-order chi connectivity index (χ1) is 17.7. The van der Waals surface area contributed by atoms with Crippen LogP contribution in [0.4, 0.5) is 0 Å². The molecule has 0 radical (unpaired) electrons. The van der Waals surface area contributed by atoms with E-state index in [1.807, 2.05) is 0 Å². The monoisotopic (exact) mass is 489 g/mol. The van der Waals surface area contributed by atoms with Crippen LogP contribution in [0.15, 0.2) is 48.6 Å². The minimum Gasteiger partial charge on any atom is -0.370 e. The van der Waals surface area contributed by atoms with Gasteiger partial charge in [-0.2, -0.15) is 5.26 Å². The number of hydrogen-bond acceptors (Lipinski definition) is 2. The van der Waals surface area contributed by atoms with Gasteiger partial charge in [0.25, 0.3) is 0 Å². The van der Waals surface area contributed by atoms with Gasteiger partial charge in [0.15, 0.2) is 0 Å². The maximum Gasteiger partial charge on any atom is 0.0928 e. The smallest absolute Gasteiger partial charge is 0.0928 e. The lowest BCUT2D eigenvalue weighted by atomic mass is 9.63. The van der Waals surface area contributed by atoms with Gasteiger partial charge in [-0.15, -0.1) is 0 Å². The Kier molecular flexibility index (Phi) is 12.3. The first kappa shape index (κ1) is 28.7. The second kappa shape index (κ2) is 15.4. The van der Waals surface area contributed by atoms with E-state index in [0.717, 1.165) is 51.6 Å². The van der Waals surface area contributed by atoms with Gasteiger partial charge in [-0.3, -0.25) is 0 Å². The zero-order valence-corrected chi connectivity index (χ0v) is 23.3. The summed E-state index contributed by atoms with van der Waals surface area (Å²) in [6.45, 7) is 5.39. The van der Waals surface area contributed by atoms with Crippen molar-refractivity contribution >= 4 is 5.57 Å². The maximum absolute atomic E-state index is 10.1. The second-order valence-corrected chi connectivity index (χ2v) is 11.5. The normalized spacial score (nSPS) is 25.9. The Morgan fingerprint density at radius 2 is 1.50 bits per heavy atom. The number of nitriles is 1. The average Bonchev–Trinajstić information content (AvgIpc) is 2.93. The summed E-state index contributed by atoms with van der Waals surface area (Å²) in [4.78, 5) is 0. The number of hydrogen-bond donors (Lipinski definition) is 0. The van der Waals surface area contributed by atoms with Crippen LogP contribution in [0.1, 0.15) is 129 Å². The highest BCUT2D eigenvalue weighted by Crippen LogP contribution is 2.49. The standard InChI is InChI=1S/C34H51NO/c1-3-5-7-9-11-16-28-36-34(26-19-31(20-27-34)30-17-13-12-14-18-30)32-21-24-33(29-35,25-22-32)23-15-10-8-6-4-2/h12-14,17-20,26,32H,3-11,15-16,21-25,27-28H2,1-2H3. The van der Waals surface area contributed by atoms with Crippen molar-refractivity contribution in [2.24, 2.45) is 11.3 Å². The van der Waals surface area contributed by atoms with Gasteiger partial charge in [0.05, 0.1) is 17.1 Å². The molecule has 2 heteroatoms. The van der Waals surface area contributed by atoms with Crippen molar-refractivity contribution in [3.05, 3.63) is 54.1 Å². The average molecular weight is 490 g/mol. The van der Waals surface area contributed by atoms with Crippen molar-refractivity contribution in [2.45, 2.75) is 129 Å². The lowest BCUT2D eigenvalue weighted by Gasteiger charge is -2.45. The topological polar surface area (TPSA) is 33.0 Å². The molecule has 0 saturated heterocycles. The molecule has 36 heavy (non-hydrogen) atoms. The summed E-state index contributed by atoms with van der Waals surface area (Å²) in [6, 6.07) is 13.5. The van der Waals surface area contributed by atoms with Gasteiger partial charge in [-0.05, 0) is 62.0 Å². The van der Waals surface area contributed by atoms with Crippen molar-refractivity contribution in [3.63, 3.8) is 0 Å². The van der Waals surface area contributed by atoms with Crippen molar-refractivity contribution in [3.8, 4) is 6.07 Å². The quantitative estimate of drug-likeness (QED) is 0.216. The van der Waals surface area contributed by atoms with Crippen LogP contribution in [-0.4, -0.2) is 12.2 Å². The summed E-state index contributed by atoms with van der Waals surface area (Å²) >= 11 is 0. The van der Waals surface area contributed by atoms with Crippen LogP contribution in [0.2, 0.25) is 0 Å². The summed E-state index contributed by atoms with van der Waals surface area (Å²) in [5, 5.41) is 10.1. The molecule has 0 aromatic heterocycles. The Balaban J connectivity index is 1.60. The highest BCUT2D eigenvalue weighted by atomic mass is 16.5. The summed E-state index contributed by atoms with van der Waals surface area (Å²) in [6.07, 6.45) is 27.6. The third-order valence-electron chi connectivity index (χ3n) is 8.79. The van der Waals surface area contributed by atoms with Crippen LogP contribution in [0.3, 0.4) is 0 Å². The first-order valence-electron chi connectivity index (χ1n) is 15.2. The first-order valence-corrected chi connectivity index (χ1v) is 15.2. The Hall–Kier alpha value is -1.85. The minimum atomic E-state index is -0.204. The van der Waals surface area contributed by atoms with Gasteiger partial charge in [-0.25, -0.2) is 0 Å². The predicted molar refractivity (Wildman–Crippen MR) is 154 cm³/mol. The zero-order chi connectivity index (χ0) is 25.5. The predicted octanol–water partition coefficient (Wildman–Crippen LogP) is 10.2. The van der Waals surface area contributed by atoms with Crippen molar-refractivity contribution < 1.29 is 4.74 Å². The molecular formula is C34H51NO. The van der Waals surface area contributed by atoms with Gasteiger partial charge in [0.1, 0.15) is 0 Å². The zero-order valence-electron chi connectivity index (χ0n) is 23.3. The number of allylic oxidation sites excluding steroid dienone is 2. The molecule has 0 amide bonds. The minimum absolute atomic E-state index is 0.105. The van der Waals surface area contributed by atoms with Crippen LogP contribution < -0.4 is 0 Å². The van der Waals surface area contributed by atoms with E-state index in [9.17, 15) is 5.26 Å². The summed E-state index contributed by atoms with van der Waals surface area (Å²) in [7, 11) is 0. The molecule has 0 bridgehead atoms. The molecule has 2 aliphatic rings. The molecule has 1 unspecified atom stereocenters. The van der Waals surface area contributed by atoms with E-state index in [1.54, 1.807) is 0 Å². The Labute approximate surface area is 222 Å². The molecule has 3 rings (SSSR count). The molecule has 1 atom stereocenters. The van der Waals surface area contributed by atoms with Crippen molar-refractivity contribution in [1.29, 1.82) is 5.26 Å². The molecule has 0 spiro atoms. The Bertz CT molecular complexity index is 840. The Morgan fingerprint density at radius 3 is 2.11 bits per heavy atom. The fourth-order valence-corrected chi connectivity index (χ4v) is 6.30. The van der Waals surface area contributed by atoms with Gasteiger partial charge in [0, 0.05) is 6.61 Å². The van der Waals surface area contributed by atoms with Crippen LogP contribution in [-0.2, 0) is 4.74 Å². The molecule has 1 saturated carbocycles. The number of unbranched alkanes of at least 4 members (excludes halogenated alkanes) is 9. The molecule has 2 nitrogen and oxygen atoms in total. The van der Waals surface area contributed by atoms with Crippen LogP contribution in [0.25, 0.3) is 5.57 Å². The van der Waals surface area contributed by atoms with Crippen LogP contribution >= 0.6 is 0 Å². The lowest BCUT2D eigenvalue weighted by Crippen LogP contribution is -2.43. The number of benzene rings is 1. The van der Waals surface area contributed by atoms with E-state index < -0.39 is 0 Å². The number of nitrogens with zero attached hydrogens (tertiary/aromatic N) is 1. The van der Waals surface area contributed by atoms with Crippen molar-refractivity contribution in [1.82, 2.24) is 0 Å². The molecular weight excluding hydrogens is 438 g/mol. The molecule has 0 aliphatic heterocycles. The number of rotatable bonds is 16. The van der Waals surface area contributed by atoms with Crippen LogP contribution in [0.5, 0.6) is 0 Å². The fourth-order valence-electron chi connectivity index (χ4n) is 6.30. The highest BCUT2D eigenvalue weighted by molar-refractivity contribution is 5.75. The van der Waals surface area contributed by atoms with E-state index in [4.69, 9.17) is 4.74 Å². The maximum atomic E-state index is 10.1. The third-order valence-corrected chi connectivity index (χ3v) is 8.79. The van der Waals surface area contributed by atoms with Crippen molar-refractivity contribution in [2.75, 3.05) is 6.61 Å². The molecule has 0 N–H and O–H groups in total. The molecule has 198 valence electrons. The largest absolute Gasteiger partial charge is 0.370 e. The van der Waals surface area contributed by atoms with E-state index >= 15 is 0 Å². The van der Waals surface area contributed by atoms with E-state index in [0.29, 0.717) is 5.92 Å². The van der Waals surface area contributed by atoms with Gasteiger partial charge >= 0.3 is 0 Å². The fraction of sp³-hybridized carbons (Fsp3) is 0.676. The van der Waals surface area contributed by atoms with Gasteiger partial charge in [0.2, 0.25) is 0 Å². The summed E-state index contributed by atoms with van der Waals surface area (Å²) in [5.74, 6) is 0.504. The molecule has 1 aromatic rings.